The fourth-order valence-corrected chi connectivity index (χ4v) is 2.30. The molecule has 0 amide bonds. The summed E-state index contributed by atoms with van der Waals surface area (Å²) < 4.78 is 14.5. The molecule has 0 aliphatic heterocycles. The van der Waals surface area contributed by atoms with Crippen molar-refractivity contribution in [3.05, 3.63) is 69.9 Å². The number of aldehydes is 1. The van der Waals surface area contributed by atoms with Gasteiger partial charge >= 0.3 is 0 Å². The van der Waals surface area contributed by atoms with Crippen LogP contribution in [0.25, 0.3) is 0 Å². The van der Waals surface area contributed by atoms with Crippen LogP contribution < -0.4 is 0 Å². The van der Waals surface area contributed by atoms with E-state index in [1.165, 1.54) is 6.07 Å². The maximum atomic E-state index is 13.7. The molecule has 2 aromatic carbocycles. The lowest BCUT2D eigenvalue weighted by atomic mass is 9.92. The molecule has 0 aliphatic carbocycles. The van der Waals surface area contributed by atoms with Crippen LogP contribution in [0.1, 0.15) is 17.0 Å². The SMILES string of the molecule is O=CC(c1ccccc1F)c1ccccc1Br. The molecule has 0 radical (unpaired) electrons. The molecule has 0 heterocycles. The normalized spacial score (nSPS) is 12.1. The Morgan fingerprint density at radius 2 is 1.59 bits per heavy atom. The zero-order chi connectivity index (χ0) is 12.3. The first-order chi connectivity index (χ1) is 8.24. The number of hydrogen-bond donors (Lipinski definition) is 0. The third-order valence-electron chi connectivity index (χ3n) is 2.62. The van der Waals surface area contributed by atoms with Crippen molar-refractivity contribution in [2.75, 3.05) is 0 Å². The second kappa shape index (κ2) is 5.23. The van der Waals surface area contributed by atoms with Crippen LogP contribution in [0, 0.1) is 5.82 Å². The van der Waals surface area contributed by atoms with E-state index in [2.05, 4.69) is 15.9 Å². The molecule has 86 valence electrons. The lowest BCUT2D eigenvalue weighted by Crippen LogP contribution is -2.05. The highest BCUT2D eigenvalue weighted by molar-refractivity contribution is 9.10. The predicted octanol–water partition coefficient (Wildman–Crippen LogP) is 3.92. The standard InChI is InChI=1S/C14H10BrFO/c15-13-7-3-1-5-10(13)12(9-17)11-6-2-4-8-14(11)16/h1-9,12H. The van der Waals surface area contributed by atoms with E-state index in [1.807, 2.05) is 24.3 Å². The molecule has 1 unspecified atom stereocenters. The molecule has 3 heteroatoms. The molecule has 0 aromatic heterocycles. The molecular weight excluding hydrogens is 283 g/mol. The van der Waals surface area contributed by atoms with Crippen LogP contribution in [-0.4, -0.2) is 6.29 Å². The van der Waals surface area contributed by atoms with E-state index in [-0.39, 0.29) is 5.82 Å². The fraction of sp³-hybridized carbons (Fsp3) is 0.0714. The minimum absolute atomic E-state index is 0.361. The number of carbonyl (C=O) groups excluding carboxylic acids is 1. The Kier molecular flexibility index (Phi) is 3.69. The van der Waals surface area contributed by atoms with Crippen molar-refractivity contribution >= 4 is 22.2 Å². The van der Waals surface area contributed by atoms with Gasteiger partial charge in [0.2, 0.25) is 0 Å². The van der Waals surface area contributed by atoms with Crippen LogP contribution in [0.4, 0.5) is 4.39 Å². The molecule has 0 aliphatic rings. The van der Waals surface area contributed by atoms with Gasteiger partial charge in [0, 0.05) is 10.0 Å². The number of benzene rings is 2. The second-order valence-electron chi connectivity index (χ2n) is 3.66. The molecule has 0 N–H and O–H groups in total. The van der Waals surface area contributed by atoms with E-state index in [0.29, 0.717) is 5.56 Å². The highest BCUT2D eigenvalue weighted by atomic mass is 79.9. The minimum Gasteiger partial charge on any atom is -0.302 e. The highest BCUT2D eigenvalue weighted by Gasteiger charge is 2.18. The lowest BCUT2D eigenvalue weighted by Gasteiger charge is -2.13. The molecule has 0 saturated carbocycles. The van der Waals surface area contributed by atoms with E-state index in [0.717, 1.165) is 16.3 Å². The molecule has 0 saturated heterocycles. The largest absolute Gasteiger partial charge is 0.302 e. The predicted molar refractivity (Wildman–Crippen MR) is 68.4 cm³/mol. The van der Waals surface area contributed by atoms with Crippen molar-refractivity contribution < 1.29 is 9.18 Å². The topological polar surface area (TPSA) is 17.1 Å². The third kappa shape index (κ3) is 2.44. The number of hydrogen-bond acceptors (Lipinski definition) is 1. The van der Waals surface area contributed by atoms with Gasteiger partial charge in [0.1, 0.15) is 12.1 Å². The second-order valence-corrected chi connectivity index (χ2v) is 4.51. The fourth-order valence-electron chi connectivity index (χ4n) is 1.77. The Morgan fingerprint density at radius 3 is 2.18 bits per heavy atom. The summed E-state index contributed by atoms with van der Waals surface area (Å²) >= 11 is 3.38. The summed E-state index contributed by atoms with van der Waals surface area (Å²) in [6.45, 7) is 0. The first-order valence-corrected chi connectivity index (χ1v) is 5.97. The third-order valence-corrected chi connectivity index (χ3v) is 3.34. The first kappa shape index (κ1) is 12.0. The molecule has 1 atom stereocenters. The van der Waals surface area contributed by atoms with Gasteiger partial charge in [-0.05, 0) is 17.7 Å². The highest BCUT2D eigenvalue weighted by Crippen LogP contribution is 2.30. The number of carbonyl (C=O) groups is 1. The van der Waals surface area contributed by atoms with Crippen LogP contribution in [0.3, 0.4) is 0 Å². The molecule has 0 bridgehead atoms. The molecule has 2 rings (SSSR count). The molecule has 1 nitrogen and oxygen atoms in total. The van der Waals surface area contributed by atoms with Crippen molar-refractivity contribution in [1.82, 2.24) is 0 Å². The van der Waals surface area contributed by atoms with Gasteiger partial charge in [-0.1, -0.05) is 52.3 Å². The average Bonchev–Trinajstić information content (AvgIpc) is 2.34. The van der Waals surface area contributed by atoms with Crippen molar-refractivity contribution in [2.45, 2.75) is 5.92 Å². The van der Waals surface area contributed by atoms with E-state index in [4.69, 9.17) is 0 Å². The Morgan fingerprint density at radius 1 is 1.00 bits per heavy atom. The zero-order valence-corrected chi connectivity index (χ0v) is 10.5. The monoisotopic (exact) mass is 292 g/mol. The quantitative estimate of drug-likeness (QED) is 0.784. The van der Waals surface area contributed by atoms with Gasteiger partial charge in [-0.15, -0.1) is 0 Å². The van der Waals surface area contributed by atoms with Gasteiger partial charge in [-0.3, -0.25) is 0 Å². The van der Waals surface area contributed by atoms with Crippen molar-refractivity contribution in [2.24, 2.45) is 0 Å². The van der Waals surface area contributed by atoms with Crippen LogP contribution in [0.15, 0.2) is 53.0 Å². The van der Waals surface area contributed by atoms with E-state index < -0.39 is 5.92 Å². The van der Waals surface area contributed by atoms with E-state index in [1.54, 1.807) is 18.2 Å². The minimum atomic E-state index is -0.577. The van der Waals surface area contributed by atoms with Crippen molar-refractivity contribution in [1.29, 1.82) is 0 Å². The summed E-state index contributed by atoms with van der Waals surface area (Å²) in [6, 6.07) is 13.7. The van der Waals surface area contributed by atoms with Crippen LogP contribution in [0.2, 0.25) is 0 Å². The summed E-state index contributed by atoms with van der Waals surface area (Å²) in [4.78, 5) is 11.2. The zero-order valence-electron chi connectivity index (χ0n) is 8.94. The van der Waals surface area contributed by atoms with Crippen molar-refractivity contribution in [3.63, 3.8) is 0 Å². The molecular formula is C14H10BrFO. The molecule has 0 fully saturated rings. The summed E-state index contributed by atoms with van der Waals surface area (Å²) in [5.74, 6) is -0.938. The maximum Gasteiger partial charge on any atom is 0.132 e. The summed E-state index contributed by atoms with van der Waals surface area (Å²) in [6.07, 6.45) is 0.762. The summed E-state index contributed by atoms with van der Waals surface area (Å²) in [7, 11) is 0. The Balaban J connectivity index is 2.52. The number of halogens is 2. The van der Waals surface area contributed by atoms with E-state index in [9.17, 15) is 9.18 Å². The lowest BCUT2D eigenvalue weighted by molar-refractivity contribution is -0.108. The van der Waals surface area contributed by atoms with Gasteiger partial charge < -0.3 is 4.79 Å². The Hall–Kier alpha value is -1.48. The summed E-state index contributed by atoms with van der Waals surface area (Å²) in [5, 5.41) is 0. The Bertz CT molecular complexity index is 494. The van der Waals surface area contributed by atoms with Gasteiger partial charge in [0.25, 0.3) is 0 Å². The van der Waals surface area contributed by atoms with Crippen LogP contribution >= 0.6 is 15.9 Å². The first-order valence-electron chi connectivity index (χ1n) is 5.18. The average molecular weight is 293 g/mol. The van der Waals surface area contributed by atoms with Crippen LogP contribution in [-0.2, 0) is 4.79 Å². The van der Waals surface area contributed by atoms with Gasteiger partial charge in [0.05, 0.1) is 5.92 Å². The molecule has 0 spiro atoms. The smallest absolute Gasteiger partial charge is 0.132 e. The van der Waals surface area contributed by atoms with Crippen LogP contribution in [0.5, 0.6) is 0 Å². The molecule has 17 heavy (non-hydrogen) atoms. The van der Waals surface area contributed by atoms with Gasteiger partial charge in [-0.2, -0.15) is 0 Å². The molecule has 2 aromatic rings. The number of rotatable bonds is 3. The maximum absolute atomic E-state index is 13.7. The Labute approximate surface area is 107 Å². The van der Waals surface area contributed by atoms with Gasteiger partial charge in [-0.25, -0.2) is 4.39 Å². The van der Waals surface area contributed by atoms with E-state index >= 15 is 0 Å². The van der Waals surface area contributed by atoms with Gasteiger partial charge in [0.15, 0.2) is 0 Å². The summed E-state index contributed by atoms with van der Waals surface area (Å²) in [5.41, 5.74) is 1.17. The van der Waals surface area contributed by atoms with Crippen molar-refractivity contribution in [3.8, 4) is 0 Å².